The number of methoxy groups -OCH3 is 2. The van der Waals surface area contributed by atoms with Gasteiger partial charge in [-0.3, -0.25) is 9.78 Å². The Bertz CT molecular complexity index is 671. The van der Waals surface area contributed by atoms with E-state index in [1.165, 1.54) is 14.2 Å². The number of hydrogen-bond acceptors (Lipinski definition) is 5. The molecule has 0 unspecified atom stereocenters. The summed E-state index contributed by atoms with van der Waals surface area (Å²) in [5.74, 6) is 0.591. The van der Waals surface area contributed by atoms with E-state index in [1.54, 1.807) is 24.5 Å². The van der Waals surface area contributed by atoms with Crippen LogP contribution < -0.4 is 20.5 Å². The molecule has 6 nitrogen and oxygen atoms in total. The van der Waals surface area contributed by atoms with Crippen LogP contribution in [0.15, 0.2) is 30.6 Å². The topological polar surface area (TPSA) is 86.5 Å². The first kappa shape index (κ1) is 14.6. The molecule has 1 amide bonds. The second-order valence-corrected chi connectivity index (χ2v) is 4.44. The molecule has 3 N–H and O–H groups in total. The van der Waals surface area contributed by atoms with E-state index in [0.29, 0.717) is 28.4 Å². The first-order chi connectivity index (χ1) is 10.1. The Morgan fingerprint density at radius 1 is 1.24 bits per heavy atom. The van der Waals surface area contributed by atoms with Crippen LogP contribution in [-0.4, -0.2) is 25.1 Å². The molecule has 0 saturated heterocycles. The van der Waals surface area contributed by atoms with Crippen molar-refractivity contribution in [2.75, 3.05) is 25.3 Å². The van der Waals surface area contributed by atoms with E-state index in [0.717, 1.165) is 5.56 Å². The summed E-state index contributed by atoms with van der Waals surface area (Å²) in [6.07, 6.45) is 3.25. The Balaban J connectivity index is 2.33. The van der Waals surface area contributed by atoms with Gasteiger partial charge in [0.25, 0.3) is 5.91 Å². The molecule has 0 bridgehead atoms. The minimum absolute atomic E-state index is 0.312. The minimum Gasteiger partial charge on any atom is -0.493 e. The third-order valence-corrected chi connectivity index (χ3v) is 3.09. The monoisotopic (exact) mass is 287 g/mol. The number of nitrogens with one attached hydrogen (secondary N) is 1. The van der Waals surface area contributed by atoms with Gasteiger partial charge >= 0.3 is 0 Å². The third kappa shape index (κ3) is 3.05. The van der Waals surface area contributed by atoms with Crippen LogP contribution in [0.1, 0.15) is 15.9 Å². The summed E-state index contributed by atoms with van der Waals surface area (Å²) in [6, 6.07) is 4.92. The number of pyridine rings is 1. The van der Waals surface area contributed by atoms with Gasteiger partial charge in [-0.15, -0.1) is 0 Å². The summed E-state index contributed by atoms with van der Waals surface area (Å²) in [6.45, 7) is 1.88. The molecule has 0 fully saturated rings. The van der Waals surface area contributed by atoms with Crippen LogP contribution in [0.4, 0.5) is 11.4 Å². The summed E-state index contributed by atoms with van der Waals surface area (Å²) in [7, 11) is 3.01. The molecular formula is C15H17N3O3. The molecule has 0 aliphatic rings. The van der Waals surface area contributed by atoms with Crippen molar-refractivity contribution in [2.45, 2.75) is 6.92 Å². The number of carbonyl (C=O) groups is 1. The highest BCUT2D eigenvalue weighted by atomic mass is 16.5. The van der Waals surface area contributed by atoms with E-state index in [-0.39, 0.29) is 5.91 Å². The lowest BCUT2D eigenvalue weighted by atomic mass is 10.1. The van der Waals surface area contributed by atoms with Crippen LogP contribution in [0.3, 0.4) is 0 Å². The van der Waals surface area contributed by atoms with Gasteiger partial charge in [0.2, 0.25) is 0 Å². The predicted molar refractivity (Wildman–Crippen MR) is 80.9 cm³/mol. The Labute approximate surface area is 122 Å². The van der Waals surface area contributed by atoms with Crippen molar-refractivity contribution in [2.24, 2.45) is 0 Å². The van der Waals surface area contributed by atoms with E-state index in [2.05, 4.69) is 10.3 Å². The number of nitrogens with zero attached hydrogens (tertiary/aromatic N) is 1. The number of hydrogen-bond donors (Lipinski definition) is 2. The predicted octanol–water partition coefficient (Wildman–Crippen LogP) is 2.24. The number of benzene rings is 1. The fourth-order valence-electron chi connectivity index (χ4n) is 1.88. The Hall–Kier alpha value is -2.76. The largest absolute Gasteiger partial charge is 0.493 e. The molecule has 6 heteroatoms. The van der Waals surface area contributed by atoms with Crippen molar-refractivity contribution in [1.29, 1.82) is 0 Å². The molecule has 1 aromatic heterocycles. The number of carbonyl (C=O) groups excluding carboxylic acids is 1. The summed E-state index contributed by atoms with van der Waals surface area (Å²) in [5.41, 5.74) is 8.08. The molecular weight excluding hydrogens is 270 g/mol. The highest BCUT2D eigenvalue weighted by Gasteiger charge is 2.16. The van der Waals surface area contributed by atoms with Gasteiger partial charge in [0.1, 0.15) is 0 Å². The van der Waals surface area contributed by atoms with E-state index < -0.39 is 0 Å². The van der Waals surface area contributed by atoms with Gasteiger partial charge in [-0.2, -0.15) is 0 Å². The maximum atomic E-state index is 12.3. The molecule has 0 aliphatic carbocycles. The minimum atomic E-state index is -0.329. The van der Waals surface area contributed by atoms with E-state index >= 15 is 0 Å². The molecule has 0 atom stereocenters. The van der Waals surface area contributed by atoms with Crippen molar-refractivity contribution < 1.29 is 14.3 Å². The van der Waals surface area contributed by atoms with Crippen molar-refractivity contribution >= 4 is 17.3 Å². The van der Waals surface area contributed by atoms with Gasteiger partial charge in [0, 0.05) is 18.0 Å². The zero-order valence-corrected chi connectivity index (χ0v) is 12.1. The zero-order valence-electron chi connectivity index (χ0n) is 12.1. The van der Waals surface area contributed by atoms with Gasteiger partial charge in [-0.05, 0) is 24.6 Å². The number of ether oxygens (including phenoxy) is 2. The lowest BCUT2D eigenvalue weighted by Gasteiger charge is -2.13. The SMILES string of the molecule is COc1cc(N)c(C(=O)Nc2cnccc2C)cc1OC. The van der Waals surface area contributed by atoms with Crippen LogP contribution in [0.25, 0.3) is 0 Å². The van der Waals surface area contributed by atoms with Gasteiger partial charge in [0.05, 0.1) is 31.7 Å². The fourth-order valence-corrected chi connectivity index (χ4v) is 1.88. The second kappa shape index (κ2) is 6.13. The molecule has 0 saturated carbocycles. The molecule has 2 aromatic rings. The molecule has 2 rings (SSSR count). The zero-order chi connectivity index (χ0) is 15.4. The molecule has 1 aromatic carbocycles. The van der Waals surface area contributed by atoms with Crippen LogP contribution in [0.2, 0.25) is 0 Å². The third-order valence-electron chi connectivity index (χ3n) is 3.09. The average Bonchev–Trinajstić information content (AvgIpc) is 2.49. The number of amides is 1. The van der Waals surface area contributed by atoms with Crippen LogP contribution in [-0.2, 0) is 0 Å². The Morgan fingerprint density at radius 3 is 2.52 bits per heavy atom. The lowest BCUT2D eigenvalue weighted by molar-refractivity contribution is 0.102. The number of aromatic nitrogens is 1. The van der Waals surface area contributed by atoms with Crippen molar-refractivity contribution in [3.8, 4) is 11.5 Å². The number of nitrogen functional groups attached to an aromatic ring is 1. The van der Waals surface area contributed by atoms with Gasteiger partial charge in [0.15, 0.2) is 11.5 Å². The second-order valence-electron chi connectivity index (χ2n) is 4.44. The van der Waals surface area contributed by atoms with Gasteiger partial charge in [-0.25, -0.2) is 0 Å². The quantitative estimate of drug-likeness (QED) is 0.842. The van der Waals surface area contributed by atoms with E-state index in [1.807, 2.05) is 13.0 Å². The highest BCUT2D eigenvalue weighted by molar-refractivity contribution is 6.08. The molecule has 110 valence electrons. The normalized spacial score (nSPS) is 10.0. The van der Waals surface area contributed by atoms with Crippen molar-refractivity contribution in [1.82, 2.24) is 4.98 Å². The highest BCUT2D eigenvalue weighted by Crippen LogP contribution is 2.32. The Kier molecular flexibility index (Phi) is 4.27. The van der Waals surface area contributed by atoms with E-state index in [4.69, 9.17) is 15.2 Å². The van der Waals surface area contributed by atoms with Crippen LogP contribution >= 0.6 is 0 Å². The van der Waals surface area contributed by atoms with Gasteiger partial charge in [-0.1, -0.05) is 0 Å². The fraction of sp³-hybridized carbons (Fsp3) is 0.200. The average molecular weight is 287 g/mol. The van der Waals surface area contributed by atoms with E-state index in [9.17, 15) is 4.79 Å². The Morgan fingerprint density at radius 2 is 1.90 bits per heavy atom. The van der Waals surface area contributed by atoms with Crippen molar-refractivity contribution in [3.63, 3.8) is 0 Å². The molecule has 0 radical (unpaired) electrons. The maximum Gasteiger partial charge on any atom is 0.257 e. The molecule has 1 heterocycles. The van der Waals surface area contributed by atoms with Crippen LogP contribution in [0, 0.1) is 6.92 Å². The number of aryl methyl sites for hydroxylation is 1. The molecule has 0 aliphatic heterocycles. The molecule has 0 spiro atoms. The van der Waals surface area contributed by atoms with Crippen LogP contribution in [0.5, 0.6) is 11.5 Å². The van der Waals surface area contributed by atoms with Crippen molar-refractivity contribution in [3.05, 3.63) is 41.7 Å². The summed E-state index contributed by atoms with van der Waals surface area (Å²) >= 11 is 0. The number of rotatable bonds is 4. The standard InChI is InChI=1S/C15H17N3O3/c1-9-4-5-17-8-12(9)18-15(19)10-6-13(20-2)14(21-3)7-11(10)16/h4-8H,16H2,1-3H3,(H,18,19). The number of nitrogens with two attached hydrogens (primary N) is 1. The summed E-state index contributed by atoms with van der Waals surface area (Å²) < 4.78 is 10.3. The smallest absolute Gasteiger partial charge is 0.257 e. The first-order valence-corrected chi connectivity index (χ1v) is 6.30. The number of anilines is 2. The first-order valence-electron chi connectivity index (χ1n) is 6.30. The summed E-state index contributed by atoms with van der Waals surface area (Å²) in [5, 5.41) is 2.78. The molecule has 21 heavy (non-hydrogen) atoms. The maximum absolute atomic E-state index is 12.3. The van der Waals surface area contributed by atoms with Gasteiger partial charge < -0.3 is 20.5 Å². The lowest BCUT2D eigenvalue weighted by Crippen LogP contribution is -2.15. The summed E-state index contributed by atoms with van der Waals surface area (Å²) in [4.78, 5) is 16.3.